The Bertz CT molecular complexity index is 980. The van der Waals surface area contributed by atoms with Crippen LogP contribution in [0.2, 0.25) is 10.0 Å². The number of ether oxygens (including phenoxy) is 1. The molecule has 5 nitrogen and oxygen atoms in total. The Kier molecular flexibility index (Phi) is 6.05. The number of methoxy groups -OCH3 is 1. The van der Waals surface area contributed by atoms with Crippen molar-refractivity contribution < 1.29 is 19.4 Å². The normalized spacial score (nSPS) is 15.7. The van der Waals surface area contributed by atoms with E-state index in [1.165, 1.54) is 7.11 Å². The first-order valence-electron chi connectivity index (χ1n) is 7.56. The van der Waals surface area contributed by atoms with Crippen molar-refractivity contribution >= 4 is 68.1 Å². The van der Waals surface area contributed by atoms with E-state index in [-0.39, 0.29) is 28.2 Å². The molecule has 2 amide bonds. The zero-order valence-corrected chi connectivity index (χ0v) is 17.7. The minimum Gasteiger partial charge on any atom is -0.503 e. The molecule has 3 rings (SSSR count). The van der Waals surface area contributed by atoms with E-state index in [0.717, 1.165) is 16.7 Å². The monoisotopic (exact) mass is 487 g/mol. The molecule has 1 fully saturated rings. The van der Waals surface area contributed by atoms with Gasteiger partial charge in [0.25, 0.3) is 11.1 Å². The Morgan fingerprint density at radius 3 is 2.63 bits per heavy atom. The van der Waals surface area contributed by atoms with Gasteiger partial charge in [0, 0.05) is 0 Å². The van der Waals surface area contributed by atoms with E-state index in [0.29, 0.717) is 25.6 Å². The fourth-order valence-electron chi connectivity index (χ4n) is 2.44. The first-order chi connectivity index (χ1) is 12.8. The Labute approximate surface area is 178 Å². The van der Waals surface area contributed by atoms with Gasteiger partial charge in [0.1, 0.15) is 0 Å². The van der Waals surface area contributed by atoms with Crippen LogP contribution < -0.4 is 4.74 Å². The summed E-state index contributed by atoms with van der Waals surface area (Å²) < 4.78 is 5.52. The topological polar surface area (TPSA) is 66.8 Å². The van der Waals surface area contributed by atoms with Crippen LogP contribution in [0.3, 0.4) is 0 Å². The molecule has 0 unspecified atom stereocenters. The van der Waals surface area contributed by atoms with Crippen molar-refractivity contribution in [3.05, 3.63) is 60.9 Å². The number of halogens is 3. The highest BCUT2D eigenvalue weighted by molar-refractivity contribution is 9.10. The Balaban J connectivity index is 1.86. The number of amides is 2. The third-order valence-corrected chi connectivity index (χ3v) is 6.02. The lowest BCUT2D eigenvalue weighted by molar-refractivity contribution is -0.123. The summed E-state index contributed by atoms with van der Waals surface area (Å²) in [5.74, 6) is -0.188. The molecular formula is C18H12BrCl2NO4S. The van der Waals surface area contributed by atoms with E-state index in [9.17, 15) is 14.7 Å². The summed E-state index contributed by atoms with van der Waals surface area (Å²) in [6.45, 7) is 0.0987. The third kappa shape index (κ3) is 4.27. The number of carbonyl (C=O) groups excluding carboxylic acids is 2. The van der Waals surface area contributed by atoms with Crippen molar-refractivity contribution in [3.63, 3.8) is 0 Å². The number of benzene rings is 2. The molecule has 1 aliphatic rings. The fourth-order valence-corrected chi connectivity index (χ4v) is 4.06. The van der Waals surface area contributed by atoms with Gasteiger partial charge in [0.05, 0.1) is 33.1 Å². The molecule has 0 radical (unpaired) electrons. The minimum absolute atomic E-state index is 0.0395. The van der Waals surface area contributed by atoms with E-state index in [1.54, 1.807) is 36.4 Å². The number of thioether (sulfide) groups is 1. The van der Waals surface area contributed by atoms with E-state index < -0.39 is 5.91 Å². The second-order valence-electron chi connectivity index (χ2n) is 5.57. The molecule has 1 heterocycles. The van der Waals surface area contributed by atoms with Gasteiger partial charge in [-0.15, -0.1) is 0 Å². The maximum absolute atomic E-state index is 12.6. The van der Waals surface area contributed by atoms with Crippen molar-refractivity contribution in [2.75, 3.05) is 7.11 Å². The fraction of sp³-hybridized carbons (Fsp3) is 0.111. The second kappa shape index (κ2) is 8.14. The molecule has 9 heteroatoms. The molecule has 0 aromatic heterocycles. The smallest absolute Gasteiger partial charge is 0.293 e. The van der Waals surface area contributed by atoms with E-state index in [1.807, 2.05) is 0 Å². The van der Waals surface area contributed by atoms with Crippen LogP contribution in [0.1, 0.15) is 11.1 Å². The highest BCUT2D eigenvalue weighted by atomic mass is 79.9. The predicted molar refractivity (Wildman–Crippen MR) is 110 cm³/mol. The summed E-state index contributed by atoms with van der Waals surface area (Å²) in [6.07, 6.45) is 1.58. The molecule has 1 N–H and O–H groups in total. The van der Waals surface area contributed by atoms with Gasteiger partial charge < -0.3 is 9.84 Å². The lowest BCUT2D eigenvalue weighted by Gasteiger charge is -2.13. The molecule has 0 saturated carbocycles. The van der Waals surface area contributed by atoms with Crippen molar-refractivity contribution in [1.29, 1.82) is 0 Å². The van der Waals surface area contributed by atoms with E-state index >= 15 is 0 Å². The quantitative estimate of drug-likeness (QED) is 0.558. The Morgan fingerprint density at radius 1 is 1.22 bits per heavy atom. The van der Waals surface area contributed by atoms with Crippen LogP contribution in [-0.4, -0.2) is 28.3 Å². The van der Waals surface area contributed by atoms with E-state index in [4.69, 9.17) is 27.9 Å². The van der Waals surface area contributed by atoms with Crippen LogP contribution in [0.5, 0.6) is 11.5 Å². The lowest BCUT2D eigenvalue weighted by Crippen LogP contribution is -2.27. The number of carbonyl (C=O) groups is 2. The zero-order valence-electron chi connectivity index (χ0n) is 13.8. The number of hydrogen-bond acceptors (Lipinski definition) is 5. The number of phenolic OH excluding ortho intramolecular Hbond substituents is 1. The first-order valence-corrected chi connectivity index (χ1v) is 9.92. The number of phenols is 1. The van der Waals surface area contributed by atoms with Gasteiger partial charge >= 0.3 is 0 Å². The largest absolute Gasteiger partial charge is 0.503 e. The molecule has 0 aliphatic carbocycles. The molecule has 0 atom stereocenters. The second-order valence-corrected chi connectivity index (χ2v) is 8.23. The van der Waals surface area contributed by atoms with Crippen molar-refractivity contribution in [2.24, 2.45) is 0 Å². The average Bonchev–Trinajstić information content (AvgIpc) is 2.88. The highest BCUT2D eigenvalue weighted by Crippen LogP contribution is 2.38. The standard InChI is InChI=1S/C18H12BrCl2NO4S/c1-26-14-6-10(4-11(19)16(14)23)7-15-17(24)22(18(25)27-15)8-9-2-3-12(20)13(21)5-9/h2-7,23H,8H2,1H3. The number of nitrogens with zero attached hydrogens (tertiary/aromatic N) is 1. The molecule has 0 spiro atoms. The van der Waals surface area contributed by atoms with Crippen LogP contribution >= 0.6 is 50.9 Å². The predicted octanol–water partition coefficient (Wildman–Crippen LogP) is 5.71. The number of imide groups is 1. The zero-order chi connectivity index (χ0) is 19.7. The van der Waals surface area contributed by atoms with Gasteiger partial charge in [-0.05, 0) is 69.2 Å². The molecule has 140 valence electrons. The van der Waals surface area contributed by atoms with Gasteiger partial charge in [-0.3, -0.25) is 14.5 Å². The highest BCUT2D eigenvalue weighted by Gasteiger charge is 2.35. The van der Waals surface area contributed by atoms with Crippen LogP contribution in [0.25, 0.3) is 6.08 Å². The molecule has 0 bridgehead atoms. The summed E-state index contributed by atoms with van der Waals surface area (Å²) in [5, 5.41) is 10.3. The van der Waals surface area contributed by atoms with Crippen LogP contribution in [0.15, 0.2) is 39.7 Å². The minimum atomic E-state index is -0.403. The molecule has 2 aromatic carbocycles. The Hall–Kier alpha value is -1.67. The number of aromatic hydroxyl groups is 1. The summed E-state index contributed by atoms with van der Waals surface area (Å²) in [5.41, 5.74) is 1.30. The lowest BCUT2D eigenvalue weighted by atomic mass is 10.1. The first kappa shape index (κ1) is 20.1. The SMILES string of the molecule is COc1cc(C=C2SC(=O)N(Cc3ccc(Cl)c(Cl)c3)C2=O)cc(Br)c1O. The third-order valence-electron chi connectivity index (χ3n) is 3.77. The number of hydrogen-bond donors (Lipinski definition) is 1. The molecular weight excluding hydrogens is 477 g/mol. The molecule has 1 aliphatic heterocycles. The van der Waals surface area contributed by atoms with Crippen molar-refractivity contribution in [2.45, 2.75) is 6.54 Å². The molecule has 2 aromatic rings. The maximum Gasteiger partial charge on any atom is 0.293 e. The van der Waals surface area contributed by atoms with Gasteiger partial charge in [0.2, 0.25) is 0 Å². The Morgan fingerprint density at radius 2 is 1.96 bits per heavy atom. The van der Waals surface area contributed by atoms with Gasteiger partial charge in [-0.25, -0.2) is 0 Å². The van der Waals surface area contributed by atoms with Crippen LogP contribution in [0, 0.1) is 0 Å². The molecule has 1 saturated heterocycles. The summed E-state index contributed by atoms with van der Waals surface area (Å²) in [4.78, 5) is 26.3. The van der Waals surface area contributed by atoms with E-state index in [2.05, 4.69) is 15.9 Å². The van der Waals surface area contributed by atoms with Crippen molar-refractivity contribution in [3.8, 4) is 11.5 Å². The van der Waals surface area contributed by atoms with Gasteiger partial charge in [0.15, 0.2) is 11.5 Å². The molecule has 27 heavy (non-hydrogen) atoms. The van der Waals surface area contributed by atoms with Crippen LogP contribution in [0.4, 0.5) is 4.79 Å². The number of rotatable bonds is 4. The summed E-state index contributed by atoms with van der Waals surface area (Å²) >= 11 is 16.0. The summed E-state index contributed by atoms with van der Waals surface area (Å²) in [7, 11) is 1.43. The van der Waals surface area contributed by atoms with Gasteiger partial charge in [-0.1, -0.05) is 29.3 Å². The summed E-state index contributed by atoms with van der Waals surface area (Å²) in [6, 6.07) is 8.16. The maximum atomic E-state index is 12.6. The van der Waals surface area contributed by atoms with Gasteiger partial charge in [-0.2, -0.15) is 0 Å². The average molecular weight is 489 g/mol. The van der Waals surface area contributed by atoms with Crippen LogP contribution in [-0.2, 0) is 11.3 Å². The van der Waals surface area contributed by atoms with Crippen molar-refractivity contribution in [1.82, 2.24) is 4.90 Å².